The lowest BCUT2D eigenvalue weighted by molar-refractivity contribution is 0.365. The quantitative estimate of drug-likeness (QED) is 0.410. The first-order valence-electron chi connectivity index (χ1n) is 10.2. The van der Waals surface area contributed by atoms with Crippen LogP contribution in [0.15, 0.2) is 54.6 Å². The normalized spacial score (nSPS) is 14.5. The average Bonchev–Trinajstić information content (AvgIpc) is 3.16. The Morgan fingerprint density at radius 2 is 1.68 bits per heavy atom. The fourth-order valence-corrected chi connectivity index (χ4v) is 4.40. The van der Waals surface area contributed by atoms with Crippen LogP contribution in [0.2, 0.25) is 10.0 Å². The molecule has 1 N–H and O–H groups in total. The molecule has 4 aromatic rings. The molecule has 0 aliphatic carbocycles. The van der Waals surface area contributed by atoms with E-state index in [2.05, 4.69) is 15.5 Å². The minimum Gasteiger partial charge on any atom is -0.317 e. The number of benzene rings is 2. The van der Waals surface area contributed by atoms with Crippen LogP contribution in [0.4, 0.5) is 0 Å². The molecule has 0 bridgehead atoms. The minimum atomic E-state index is 0. The number of rotatable bonds is 4. The molecule has 1 aliphatic rings. The van der Waals surface area contributed by atoms with Crippen LogP contribution in [0.1, 0.15) is 18.7 Å². The Balaban J connectivity index is 0.00000231. The maximum Gasteiger partial charge on any atom is 0.178 e. The third-order valence-electron chi connectivity index (χ3n) is 5.67. The number of halogens is 3. The summed E-state index contributed by atoms with van der Waals surface area (Å²) in [4.78, 5) is 0. The molecule has 2 aromatic heterocycles. The van der Waals surface area contributed by atoms with Crippen molar-refractivity contribution < 1.29 is 0 Å². The van der Waals surface area contributed by atoms with Crippen LogP contribution in [0.5, 0.6) is 0 Å². The van der Waals surface area contributed by atoms with E-state index in [1.165, 1.54) is 0 Å². The van der Waals surface area contributed by atoms with Gasteiger partial charge in [0, 0.05) is 22.6 Å². The van der Waals surface area contributed by atoms with Gasteiger partial charge in [-0.3, -0.25) is 0 Å². The fourth-order valence-electron chi connectivity index (χ4n) is 4.05. The van der Waals surface area contributed by atoms with Gasteiger partial charge in [0.1, 0.15) is 5.69 Å². The standard InChI is InChI=1S/C23H21Cl2N5.ClH/c24-17-7-5-16(6-8-17)19-14-22-28-27-21(13-15-9-11-26-12-10-15)30(22)29-23(19)18-3-1-2-4-20(18)25;/h1-8,14-15,26H,9-13H2;1H. The van der Waals surface area contributed by atoms with Gasteiger partial charge in [0.2, 0.25) is 0 Å². The zero-order chi connectivity index (χ0) is 20.5. The summed E-state index contributed by atoms with van der Waals surface area (Å²) in [5.74, 6) is 1.49. The number of piperidine rings is 1. The van der Waals surface area contributed by atoms with Gasteiger partial charge in [0.25, 0.3) is 0 Å². The summed E-state index contributed by atoms with van der Waals surface area (Å²) < 4.78 is 1.88. The van der Waals surface area contributed by atoms with E-state index in [9.17, 15) is 0 Å². The summed E-state index contributed by atoms with van der Waals surface area (Å²) >= 11 is 12.7. The topological polar surface area (TPSA) is 55.1 Å². The van der Waals surface area contributed by atoms with E-state index in [1.807, 2.05) is 59.1 Å². The Kier molecular flexibility index (Phi) is 6.77. The first-order valence-corrected chi connectivity index (χ1v) is 10.9. The maximum absolute atomic E-state index is 6.56. The van der Waals surface area contributed by atoms with Crippen LogP contribution in [0, 0.1) is 5.92 Å². The third-order valence-corrected chi connectivity index (χ3v) is 6.25. The second-order valence-corrected chi connectivity index (χ2v) is 8.52. The highest BCUT2D eigenvalue weighted by Crippen LogP contribution is 2.35. The van der Waals surface area contributed by atoms with Crippen molar-refractivity contribution in [3.63, 3.8) is 0 Å². The number of aromatic nitrogens is 4. The van der Waals surface area contributed by atoms with Gasteiger partial charge in [-0.05, 0) is 61.7 Å². The molecule has 0 atom stereocenters. The number of nitrogens with zero attached hydrogens (tertiary/aromatic N) is 4. The van der Waals surface area contributed by atoms with E-state index in [1.54, 1.807) is 0 Å². The lowest BCUT2D eigenvalue weighted by Gasteiger charge is -2.21. The summed E-state index contributed by atoms with van der Waals surface area (Å²) in [6.45, 7) is 2.11. The molecule has 3 heterocycles. The summed E-state index contributed by atoms with van der Waals surface area (Å²) in [5.41, 5.74) is 4.38. The van der Waals surface area contributed by atoms with Crippen molar-refractivity contribution >= 4 is 41.3 Å². The molecule has 8 heteroatoms. The average molecular weight is 475 g/mol. The van der Waals surface area contributed by atoms with Gasteiger partial charge < -0.3 is 5.32 Å². The zero-order valence-electron chi connectivity index (χ0n) is 16.8. The van der Waals surface area contributed by atoms with Crippen molar-refractivity contribution in [1.82, 2.24) is 25.1 Å². The van der Waals surface area contributed by atoms with Crippen LogP contribution in [-0.2, 0) is 6.42 Å². The van der Waals surface area contributed by atoms with Crippen molar-refractivity contribution in [3.05, 3.63) is 70.5 Å². The Hall–Kier alpha value is -2.18. The van der Waals surface area contributed by atoms with E-state index in [0.29, 0.717) is 16.0 Å². The molecule has 0 saturated carbocycles. The Labute approximate surface area is 197 Å². The maximum atomic E-state index is 6.56. The van der Waals surface area contributed by atoms with Crippen LogP contribution >= 0.6 is 35.6 Å². The molecule has 1 aliphatic heterocycles. The van der Waals surface area contributed by atoms with Gasteiger partial charge in [-0.25, -0.2) is 0 Å². The monoisotopic (exact) mass is 473 g/mol. The number of fused-ring (bicyclic) bond motifs is 1. The molecule has 160 valence electrons. The molecule has 31 heavy (non-hydrogen) atoms. The van der Waals surface area contributed by atoms with Crippen molar-refractivity contribution in [2.24, 2.45) is 5.92 Å². The largest absolute Gasteiger partial charge is 0.317 e. The molecule has 2 aromatic carbocycles. The molecule has 0 unspecified atom stereocenters. The molecular formula is C23H22Cl3N5. The van der Waals surface area contributed by atoms with Gasteiger partial charge in [-0.1, -0.05) is 53.5 Å². The lowest BCUT2D eigenvalue weighted by atomic mass is 9.94. The number of nitrogens with one attached hydrogen (secondary N) is 1. The van der Waals surface area contributed by atoms with Gasteiger partial charge in [-0.15, -0.1) is 22.6 Å². The van der Waals surface area contributed by atoms with Crippen molar-refractivity contribution in [2.45, 2.75) is 19.3 Å². The van der Waals surface area contributed by atoms with Crippen LogP contribution in [0.3, 0.4) is 0 Å². The van der Waals surface area contributed by atoms with Crippen molar-refractivity contribution in [2.75, 3.05) is 13.1 Å². The Morgan fingerprint density at radius 3 is 2.42 bits per heavy atom. The minimum absolute atomic E-state index is 0. The summed E-state index contributed by atoms with van der Waals surface area (Å²) in [6.07, 6.45) is 3.17. The molecule has 1 saturated heterocycles. The highest BCUT2D eigenvalue weighted by atomic mass is 35.5. The summed E-state index contributed by atoms with van der Waals surface area (Å²) in [5, 5.41) is 18.6. The van der Waals surface area contributed by atoms with Gasteiger partial charge in [0.15, 0.2) is 11.5 Å². The molecule has 5 rings (SSSR count). The van der Waals surface area contributed by atoms with E-state index < -0.39 is 0 Å². The lowest BCUT2D eigenvalue weighted by Crippen LogP contribution is -2.29. The van der Waals surface area contributed by atoms with Gasteiger partial charge >= 0.3 is 0 Å². The Morgan fingerprint density at radius 1 is 0.935 bits per heavy atom. The first-order chi connectivity index (χ1) is 14.7. The van der Waals surface area contributed by atoms with Crippen molar-refractivity contribution in [3.8, 4) is 22.4 Å². The SMILES string of the molecule is Cl.Clc1ccc(-c2cc3nnc(CC4CCNCC4)n3nc2-c2ccccc2Cl)cc1. The zero-order valence-corrected chi connectivity index (χ0v) is 19.1. The molecule has 0 amide bonds. The van der Waals surface area contributed by atoms with Crippen LogP contribution in [0.25, 0.3) is 28.0 Å². The second-order valence-electron chi connectivity index (χ2n) is 7.68. The van der Waals surface area contributed by atoms with E-state index in [-0.39, 0.29) is 12.4 Å². The number of hydrogen-bond donors (Lipinski definition) is 1. The van der Waals surface area contributed by atoms with Crippen LogP contribution in [-0.4, -0.2) is 32.9 Å². The van der Waals surface area contributed by atoms with E-state index >= 15 is 0 Å². The highest BCUT2D eigenvalue weighted by molar-refractivity contribution is 6.33. The fraction of sp³-hybridized carbons (Fsp3) is 0.261. The van der Waals surface area contributed by atoms with Crippen molar-refractivity contribution in [1.29, 1.82) is 0 Å². The molecular weight excluding hydrogens is 453 g/mol. The highest BCUT2D eigenvalue weighted by Gasteiger charge is 2.20. The smallest absolute Gasteiger partial charge is 0.178 e. The summed E-state index contributed by atoms with van der Waals surface area (Å²) in [6, 6.07) is 17.5. The molecule has 0 spiro atoms. The van der Waals surface area contributed by atoms with Gasteiger partial charge in [-0.2, -0.15) is 9.61 Å². The van der Waals surface area contributed by atoms with E-state index in [0.717, 1.165) is 66.2 Å². The molecule has 5 nitrogen and oxygen atoms in total. The predicted molar refractivity (Wildman–Crippen MR) is 128 cm³/mol. The molecule has 1 fully saturated rings. The predicted octanol–water partition coefficient (Wildman–Crippen LogP) is 5.73. The number of hydrogen-bond acceptors (Lipinski definition) is 4. The van der Waals surface area contributed by atoms with E-state index in [4.69, 9.17) is 28.3 Å². The Bertz CT molecular complexity index is 1180. The first kappa shape index (κ1) is 22.0. The second kappa shape index (κ2) is 9.53. The van der Waals surface area contributed by atoms with Gasteiger partial charge in [0.05, 0.1) is 5.02 Å². The molecule has 0 radical (unpaired) electrons. The third kappa shape index (κ3) is 4.55. The summed E-state index contributed by atoms with van der Waals surface area (Å²) in [7, 11) is 0. The van der Waals surface area contributed by atoms with Crippen LogP contribution < -0.4 is 5.32 Å².